The predicted octanol–water partition coefficient (Wildman–Crippen LogP) is 4.08. The number of pyridine rings is 1. The van der Waals surface area contributed by atoms with Gasteiger partial charge >= 0.3 is 0 Å². The van der Waals surface area contributed by atoms with E-state index >= 15 is 0 Å². The third-order valence-corrected chi connectivity index (χ3v) is 8.17. The molecule has 3 aromatic rings. The first-order chi connectivity index (χ1) is 16.6. The van der Waals surface area contributed by atoms with Crippen LogP contribution < -0.4 is 5.32 Å². The van der Waals surface area contributed by atoms with E-state index < -0.39 is 5.60 Å². The number of piperidine rings is 1. The van der Waals surface area contributed by atoms with E-state index in [0.717, 1.165) is 55.7 Å². The summed E-state index contributed by atoms with van der Waals surface area (Å²) in [6.45, 7) is 12.2. The minimum absolute atomic E-state index is 0.121. The molecular formula is C28H37N5O2. The molecule has 7 nitrogen and oxygen atoms in total. The minimum Gasteiger partial charge on any atom is -0.380 e. The maximum atomic E-state index is 12.5. The van der Waals surface area contributed by atoms with Crippen LogP contribution in [-0.2, 0) is 11.0 Å². The second-order valence-electron chi connectivity index (χ2n) is 11.4. The predicted molar refractivity (Wildman–Crippen MR) is 136 cm³/mol. The van der Waals surface area contributed by atoms with Crippen LogP contribution in [0, 0.1) is 5.41 Å². The van der Waals surface area contributed by atoms with Gasteiger partial charge in [-0.1, -0.05) is 57.1 Å². The highest BCUT2D eigenvalue weighted by Gasteiger charge is 2.55. The molecule has 5 rings (SSSR count). The van der Waals surface area contributed by atoms with Gasteiger partial charge in [0.15, 0.2) is 0 Å². The van der Waals surface area contributed by atoms with Crippen LogP contribution >= 0.6 is 0 Å². The maximum Gasteiger partial charge on any atom is 0.232 e. The second kappa shape index (κ2) is 8.80. The third-order valence-electron chi connectivity index (χ3n) is 8.17. The lowest BCUT2D eigenvalue weighted by Crippen LogP contribution is -2.63. The van der Waals surface area contributed by atoms with Crippen molar-refractivity contribution < 1.29 is 9.63 Å². The molecule has 0 bridgehead atoms. The molecule has 0 saturated carbocycles. The van der Waals surface area contributed by atoms with E-state index in [9.17, 15) is 5.11 Å². The number of likely N-dealkylation sites (tertiary alicyclic amines) is 1. The van der Waals surface area contributed by atoms with Crippen LogP contribution in [0.15, 0.2) is 47.2 Å². The van der Waals surface area contributed by atoms with Crippen molar-refractivity contribution in [3.8, 4) is 11.4 Å². The Morgan fingerprint density at radius 3 is 2.37 bits per heavy atom. The summed E-state index contributed by atoms with van der Waals surface area (Å²) in [5.74, 6) is 1.62. The highest BCUT2D eigenvalue weighted by Crippen LogP contribution is 2.50. The van der Waals surface area contributed by atoms with Crippen LogP contribution in [0.25, 0.3) is 11.4 Å². The Kier molecular flexibility index (Phi) is 6.06. The van der Waals surface area contributed by atoms with Gasteiger partial charge in [0.05, 0.1) is 0 Å². The van der Waals surface area contributed by atoms with Gasteiger partial charge in [-0.15, -0.1) is 0 Å². The van der Waals surface area contributed by atoms with Gasteiger partial charge in [-0.05, 0) is 56.1 Å². The summed E-state index contributed by atoms with van der Waals surface area (Å²) in [6.07, 6.45) is 5.45. The zero-order chi connectivity index (χ0) is 24.8. The number of hydrogen-bond acceptors (Lipinski definition) is 7. The fourth-order valence-electron chi connectivity index (χ4n) is 5.89. The smallest absolute Gasteiger partial charge is 0.232 e. The molecule has 2 aliphatic heterocycles. The summed E-state index contributed by atoms with van der Waals surface area (Å²) in [6, 6.07) is 10.4. The molecule has 2 saturated heterocycles. The van der Waals surface area contributed by atoms with Crippen molar-refractivity contribution in [3.63, 3.8) is 0 Å². The molecule has 2 aliphatic rings. The van der Waals surface area contributed by atoms with E-state index in [1.165, 1.54) is 5.56 Å². The topological polar surface area (TPSA) is 87.3 Å². The summed E-state index contributed by atoms with van der Waals surface area (Å²) in [7, 11) is 2.08. The van der Waals surface area contributed by atoms with Gasteiger partial charge in [0.2, 0.25) is 11.7 Å². The highest BCUT2D eigenvalue weighted by atomic mass is 16.5. The minimum atomic E-state index is -1.20. The molecule has 0 spiro atoms. The number of aliphatic hydroxyl groups is 1. The first kappa shape index (κ1) is 24.1. The molecule has 1 atom stereocenters. The highest BCUT2D eigenvalue weighted by molar-refractivity contribution is 5.56. The van der Waals surface area contributed by atoms with Crippen LogP contribution in [0.3, 0.4) is 0 Å². The Bertz CT molecular complexity index is 1180. The average Bonchev–Trinajstić information content (AvgIpc) is 3.35. The number of rotatable bonds is 6. The monoisotopic (exact) mass is 475 g/mol. The Hall–Kier alpha value is -2.61. The van der Waals surface area contributed by atoms with E-state index in [1.807, 2.05) is 6.07 Å². The molecule has 7 heteroatoms. The van der Waals surface area contributed by atoms with Crippen LogP contribution in [-0.4, -0.2) is 58.4 Å². The van der Waals surface area contributed by atoms with Gasteiger partial charge in [0, 0.05) is 47.4 Å². The fraction of sp³-hybridized carbons (Fsp3) is 0.536. The van der Waals surface area contributed by atoms with E-state index in [-0.39, 0.29) is 10.8 Å². The van der Waals surface area contributed by atoms with Crippen molar-refractivity contribution in [3.05, 3.63) is 65.3 Å². The molecule has 2 fully saturated rings. The van der Waals surface area contributed by atoms with E-state index in [1.54, 1.807) is 12.4 Å². The van der Waals surface area contributed by atoms with E-state index in [0.29, 0.717) is 17.6 Å². The summed E-state index contributed by atoms with van der Waals surface area (Å²) < 4.78 is 5.74. The van der Waals surface area contributed by atoms with Crippen molar-refractivity contribution in [1.82, 2.24) is 25.3 Å². The number of aromatic nitrogens is 3. The molecule has 0 radical (unpaired) electrons. The summed E-state index contributed by atoms with van der Waals surface area (Å²) in [4.78, 5) is 11.5. The molecule has 186 valence electrons. The average molecular weight is 476 g/mol. The summed E-state index contributed by atoms with van der Waals surface area (Å²) in [5, 5.41) is 20.2. The van der Waals surface area contributed by atoms with Crippen molar-refractivity contribution >= 4 is 0 Å². The Labute approximate surface area is 208 Å². The van der Waals surface area contributed by atoms with Gasteiger partial charge in [0.1, 0.15) is 5.60 Å². The molecule has 4 heterocycles. The van der Waals surface area contributed by atoms with Gasteiger partial charge < -0.3 is 19.8 Å². The van der Waals surface area contributed by atoms with Crippen molar-refractivity contribution in [1.29, 1.82) is 0 Å². The lowest BCUT2D eigenvalue weighted by atomic mass is 9.62. The molecule has 2 N–H and O–H groups in total. The first-order valence-corrected chi connectivity index (χ1v) is 12.7. The lowest BCUT2D eigenvalue weighted by Gasteiger charge is -2.55. The van der Waals surface area contributed by atoms with E-state index in [4.69, 9.17) is 9.51 Å². The molecule has 1 aromatic carbocycles. The first-order valence-electron chi connectivity index (χ1n) is 12.7. The molecule has 2 aromatic heterocycles. The maximum absolute atomic E-state index is 12.5. The molecule has 0 amide bonds. The second-order valence-corrected chi connectivity index (χ2v) is 11.4. The van der Waals surface area contributed by atoms with Gasteiger partial charge in [-0.25, -0.2) is 0 Å². The van der Waals surface area contributed by atoms with Crippen molar-refractivity contribution in [2.75, 3.05) is 33.2 Å². The van der Waals surface area contributed by atoms with Gasteiger partial charge in [-0.3, -0.25) is 4.98 Å². The van der Waals surface area contributed by atoms with Crippen LogP contribution in [0.4, 0.5) is 0 Å². The van der Waals surface area contributed by atoms with E-state index in [2.05, 4.69) is 79.4 Å². The van der Waals surface area contributed by atoms with Crippen LogP contribution in [0.2, 0.25) is 0 Å². The van der Waals surface area contributed by atoms with Crippen LogP contribution in [0.5, 0.6) is 0 Å². The largest absolute Gasteiger partial charge is 0.380 e. The molecule has 35 heavy (non-hydrogen) atoms. The summed E-state index contributed by atoms with van der Waals surface area (Å²) in [5.41, 5.74) is 1.96. The SMILES string of the molecule is CC(C)c1ccc([C@](O)(c2cncc(-c3noc(C4(C)CCNCC4)n3)c2)C2(C)CN(C)C2)cc1. The quantitative estimate of drug-likeness (QED) is 0.555. The Morgan fingerprint density at radius 1 is 1.06 bits per heavy atom. The fourth-order valence-corrected chi connectivity index (χ4v) is 5.89. The number of nitrogens with zero attached hydrogens (tertiary/aromatic N) is 4. The van der Waals surface area contributed by atoms with Gasteiger partial charge in [-0.2, -0.15) is 4.98 Å². The summed E-state index contributed by atoms with van der Waals surface area (Å²) >= 11 is 0. The van der Waals surface area contributed by atoms with Crippen molar-refractivity contribution in [2.45, 2.75) is 57.5 Å². The standard InChI is InChI=1S/C28H37N5O2/c1-19(2)20-6-8-22(9-7-20)28(34,27(4)17-33(5)18-27)23-14-21(15-30-16-23)24-31-25(35-32-24)26(3)10-12-29-13-11-26/h6-9,14-16,19,29,34H,10-13,17-18H2,1-5H3/t28-/m0/s1. The Morgan fingerprint density at radius 2 is 1.74 bits per heavy atom. The van der Waals surface area contributed by atoms with Crippen molar-refractivity contribution in [2.24, 2.45) is 5.41 Å². The Balaban J connectivity index is 1.54. The number of hydrogen-bond donors (Lipinski definition) is 2. The molecule has 0 aliphatic carbocycles. The number of benzene rings is 1. The number of nitrogens with one attached hydrogen (secondary N) is 1. The lowest BCUT2D eigenvalue weighted by molar-refractivity contribution is -0.127. The molecule has 0 unspecified atom stereocenters. The zero-order valence-electron chi connectivity index (χ0n) is 21.5. The van der Waals surface area contributed by atoms with Gasteiger partial charge in [0.25, 0.3) is 0 Å². The normalized spacial score (nSPS) is 21.5. The zero-order valence-corrected chi connectivity index (χ0v) is 21.5. The molecular weight excluding hydrogens is 438 g/mol. The third kappa shape index (κ3) is 4.09. The van der Waals surface area contributed by atoms with Crippen LogP contribution in [0.1, 0.15) is 69.0 Å².